The third-order valence-electron chi connectivity index (χ3n) is 3.32. The van der Waals surface area contributed by atoms with Crippen molar-refractivity contribution in [1.82, 2.24) is 0 Å². The van der Waals surface area contributed by atoms with Crippen molar-refractivity contribution in [2.24, 2.45) is 5.92 Å². The Hall–Kier alpha value is -1.83. The fraction of sp³-hybridized carbons (Fsp3) is 0.154. The van der Waals surface area contributed by atoms with E-state index >= 15 is 0 Å². The first kappa shape index (κ1) is 7.46. The number of fused-ring (bicyclic) bond motifs is 1. The molecule has 0 amide bonds. The van der Waals surface area contributed by atoms with Crippen molar-refractivity contribution in [3.8, 4) is 0 Å². The maximum Gasteiger partial charge on any atom is 0.205 e. The zero-order valence-electron chi connectivity index (χ0n) is 7.99. The number of allylic oxidation sites excluding steroid dienone is 2. The molecule has 0 aliphatic heterocycles. The van der Waals surface area contributed by atoms with Gasteiger partial charge in [-0.2, -0.15) is 0 Å². The summed E-state index contributed by atoms with van der Waals surface area (Å²) >= 11 is 0. The molecule has 72 valence electrons. The maximum atomic E-state index is 11.9. The Morgan fingerprint density at radius 1 is 1.27 bits per heavy atom. The van der Waals surface area contributed by atoms with E-state index in [4.69, 9.17) is 4.42 Å². The number of carbonyl (C=O) groups excluding carboxylic acids is 1. The topological polar surface area (TPSA) is 30.2 Å². The first-order valence-electron chi connectivity index (χ1n) is 5.11. The molecule has 2 nitrogen and oxygen atoms in total. The first-order chi connectivity index (χ1) is 7.34. The van der Waals surface area contributed by atoms with Crippen LogP contribution in [-0.4, -0.2) is 5.78 Å². The second-order valence-electron chi connectivity index (χ2n) is 4.17. The van der Waals surface area contributed by atoms with Gasteiger partial charge in [0.1, 0.15) is 5.58 Å². The van der Waals surface area contributed by atoms with Crippen LogP contribution in [-0.2, 0) is 0 Å². The summed E-state index contributed by atoms with van der Waals surface area (Å²) in [6, 6.07) is 7.85. The molecule has 0 spiro atoms. The van der Waals surface area contributed by atoms with E-state index in [-0.39, 0.29) is 11.7 Å². The number of rotatable bonds is 0. The Morgan fingerprint density at radius 3 is 2.93 bits per heavy atom. The molecule has 0 fully saturated rings. The average molecular weight is 196 g/mol. The molecule has 1 atom stereocenters. The van der Waals surface area contributed by atoms with Crippen molar-refractivity contribution in [2.45, 2.75) is 6.42 Å². The van der Waals surface area contributed by atoms with Gasteiger partial charge in [0.2, 0.25) is 5.78 Å². The summed E-state index contributed by atoms with van der Waals surface area (Å²) < 4.78 is 5.61. The van der Waals surface area contributed by atoms with Crippen LogP contribution in [0.2, 0.25) is 0 Å². The van der Waals surface area contributed by atoms with Gasteiger partial charge in [-0.05, 0) is 18.1 Å². The molecule has 0 saturated carbocycles. The van der Waals surface area contributed by atoms with Crippen LogP contribution in [0.5, 0.6) is 0 Å². The number of Topliss-reactive ketones (excluding diaryl/α,β-unsaturated/α-hetero) is 1. The van der Waals surface area contributed by atoms with Crippen LogP contribution in [0.3, 0.4) is 0 Å². The molecule has 2 bridgehead atoms. The number of para-hydroxylation sites is 1. The van der Waals surface area contributed by atoms with Crippen molar-refractivity contribution in [1.29, 1.82) is 0 Å². The molecule has 3 aliphatic carbocycles. The highest BCUT2D eigenvalue weighted by molar-refractivity contribution is 6.14. The minimum atomic E-state index is 0.0908. The van der Waals surface area contributed by atoms with Gasteiger partial charge in [0, 0.05) is 16.9 Å². The van der Waals surface area contributed by atoms with Crippen molar-refractivity contribution < 1.29 is 9.21 Å². The number of carbonyl (C=O) groups is 1. The maximum absolute atomic E-state index is 11.9. The monoisotopic (exact) mass is 196 g/mol. The number of hydrogen-bond donors (Lipinski definition) is 0. The molecule has 5 rings (SSSR count). The molecule has 0 saturated heterocycles. The highest BCUT2D eigenvalue weighted by atomic mass is 16.3. The Balaban J connectivity index is 2.20. The van der Waals surface area contributed by atoms with Crippen LogP contribution in [0.25, 0.3) is 16.5 Å². The van der Waals surface area contributed by atoms with Gasteiger partial charge in [-0.25, -0.2) is 0 Å². The van der Waals surface area contributed by atoms with E-state index in [1.807, 2.05) is 24.3 Å². The van der Waals surface area contributed by atoms with Gasteiger partial charge in [0.25, 0.3) is 0 Å². The lowest BCUT2D eigenvalue weighted by Crippen LogP contribution is -2.26. The van der Waals surface area contributed by atoms with Gasteiger partial charge in [-0.15, -0.1) is 0 Å². The fourth-order valence-electron chi connectivity index (χ4n) is 2.51. The second-order valence-corrected chi connectivity index (χ2v) is 4.17. The predicted octanol–water partition coefficient (Wildman–Crippen LogP) is 3.03. The van der Waals surface area contributed by atoms with Gasteiger partial charge in [0.15, 0.2) is 5.76 Å². The van der Waals surface area contributed by atoms with Crippen LogP contribution >= 0.6 is 0 Å². The molecule has 1 aromatic heterocycles. The Labute approximate surface area is 86.2 Å². The summed E-state index contributed by atoms with van der Waals surface area (Å²) in [7, 11) is 0. The van der Waals surface area contributed by atoms with Crippen LogP contribution in [0.1, 0.15) is 22.5 Å². The van der Waals surface area contributed by atoms with Crippen LogP contribution in [0.15, 0.2) is 34.8 Å². The minimum Gasteiger partial charge on any atom is -0.452 e. The molecular weight excluding hydrogens is 188 g/mol. The molecule has 2 aromatic rings. The van der Waals surface area contributed by atoms with E-state index in [1.54, 1.807) is 0 Å². The SMILES string of the molecule is O=C1c2oc3ccccc3c2C2=CC1C2. The van der Waals surface area contributed by atoms with E-state index in [9.17, 15) is 4.79 Å². The van der Waals surface area contributed by atoms with Gasteiger partial charge in [0.05, 0.1) is 0 Å². The lowest BCUT2D eigenvalue weighted by Gasteiger charge is -2.29. The van der Waals surface area contributed by atoms with Crippen molar-refractivity contribution >= 4 is 22.3 Å². The number of benzene rings is 1. The Kier molecular flexibility index (Phi) is 1.10. The zero-order valence-corrected chi connectivity index (χ0v) is 7.99. The zero-order chi connectivity index (χ0) is 9.99. The summed E-state index contributed by atoms with van der Waals surface area (Å²) in [5, 5.41) is 1.07. The molecule has 2 heteroatoms. The van der Waals surface area contributed by atoms with Gasteiger partial charge >= 0.3 is 0 Å². The first-order valence-corrected chi connectivity index (χ1v) is 5.11. The van der Waals surface area contributed by atoms with E-state index in [1.165, 1.54) is 5.57 Å². The molecule has 1 aromatic carbocycles. The second kappa shape index (κ2) is 2.22. The summed E-state index contributed by atoms with van der Waals surface area (Å²) in [5.74, 6) is 0.814. The van der Waals surface area contributed by atoms with E-state index in [2.05, 4.69) is 6.08 Å². The fourth-order valence-corrected chi connectivity index (χ4v) is 2.51. The summed E-state index contributed by atoms with van der Waals surface area (Å²) in [5.41, 5.74) is 3.14. The van der Waals surface area contributed by atoms with Gasteiger partial charge in [-0.3, -0.25) is 4.79 Å². The van der Waals surface area contributed by atoms with E-state index < -0.39 is 0 Å². The Morgan fingerprint density at radius 2 is 2.07 bits per heavy atom. The summed E-state index contributed by atoms with van der Waals surface area (Å²) in [6.45, 7) is 0. The van der Waals surface area contributed by atoms with E-state index in [0.717, 1.165) is 23.0 Å². The highest BCUT2D eigenvalue weighted by Gasteiger charge is 2.39. The average Bonchev–Trinajstić information content (AvgIpc) is 2.56. The third kappa shape index (κ3) is 0.743. The van der Waals surface area contributed by atoms with Crippen molar-refractivity contribution in [3.63, 3.8) is 0 Å². The summed E-state index contributed by atoms with van der Waals surface area (Å²) in [6.07, 6.45) is 2.96. The van der Waals surface area contributed by atoms with Crippen LogP contribution in [0, 0.1) is 5.92 Å². The molecule has 1 heterocycles. The minimum absolute atomic E-state index is 0.0908. The third-order valence-corrected chi connectivity index (χ3v) is 3.32. The van der Waals surface area contributed by atoms with Crippen LogP contribution in [0.4, 0.5) is 0 Å². The number of hydrogen-bond acceptors (Lipinski definition) is 2. The molecule has 0 N–H and O–H groups in total. The van der Waals surface area contributed by atoms with Crippen molar-refractivity contribution in [2.75, 3.05) is 0 Å². The van der Waals surface area contributed by atoms with Gasteiger partial charge < -0.3 is 4.42 Å². The molecule has 0 radical (unpaired) electrons. The number of ketones is 1. The lowest BCUT2D eigenvalue weighted by molar-refractivity contribution is 0.0906. The normalized spacial score (nSPS) is 22.3. The molecule has 1 unspecified atom stereocenters. The lowest BCUT2D eigenvalue weighted by atomic mass is 9.72. The molecule has 3 aliphatic rings. The molecule has 15 heavy (non-hydrogen) atoms. The number of furan rings is 1. The standard InChI is InChI=1S/C13H8O2/c14-12-8-5-7(6-8)11-9-3-1-2-4-10(9)15-13(11)12/h1-5,8H,6H2. The van der Waals surface area contributed by atoms with Crippen molar-refractivity contribution in [3.05, 3.63) is 41.7 Å². The van der Waals surface area contributed by atoms with Gasteiger partial charge in [-0.1, -0.05) is 24.3 Å². The van der Waals surface area contributed by atoms with E-state index in [0.29, 0.717) is 5.76 Å². The smallest absolute Gasteiger partial charge is 0.205 e. The summed E-state index contributed by atoms with van der Waals surface area (Å²) in [4.78, 5) is 11.9. The quantitative estimate of drug-likeness (QED) is 0.648. The van der Waals surface area contributed by atoms with Crippen LogP contribution < -0.4 is 0 Å². The largest absolute Gasteiger partial charge is 0.452 e. The predicted molar refractivity (Wildman–Crippen MR) is 56.6 cm³/mol. The Bertz CT molecular complexity index is 631. The highest BCUT2D eigenvalue weighted by Crippen LogP contribution is 2.47. The molecular formula is C13H8O2.